The maximum atomic E-state index is 13.3. The summed E-state index contributed by atoms with van der Waals surface area (Å²) >= 11 is 1.69. The molecular weight excluding hydrogens is 259 g/mol. The van der Waals surface area contributed by atoms with E-state index in [0.29, 0.717) is 12.1 Å². The molecular formula is C15H13FN2S. The van der Waals surface area contributed by atoms with E-state index < -0.39 is 0 Å². The van der Waals surface area contributed by atoms with Gasteiger partial charge < -0.3 is 5.32 Å². The normalized spacial score (nSPS) is 9.95. The minimum Gasteiger partial charge on any atom is -0.381 e. The van der Waals surface area contributed by atoms with Gasteiger partial charge in [0, 0.05) is 17.1 Å². The summed E-state index contributed by atoms with van der Waals surface area (Å²) < 4.78 is 13.3. The van der Waals surface area contributed by atoms with Crippen LogP contribution in [0.5, 0.6) is 0 Å². The van der Waals surface area contributed by atoms with E-state index in [1.54, 1.807) is 17.8 Å². The highest BCUT2D eigenvalue weighted by molar-refractivity contribution is 7.98. The van der Waals surface area contributed by atoms with Gasteiger partial charge in [0.25, 0.3) is 0 Å². The molecule has 0 atom stereocenters. The van der Waals surface area contributed by atoms with Gasteiger partial charge in [-0.15, -0.1) is 11.8 Å². The van der Waals surface area contributed by atoms with Gasteiger partial charge in [-0.2, -0.15) is 5.26 Å². The lowest BCUT2D eigenvalue weighted by Crippen LogP contribution is -2.00. The number of anilines is 1. The predicted octanol–water partition coefficient (Wildman–Crippen LogP) is 4.03. The van der Waals surface area contributed by atoms with Crippen molar-refractivity contribution in [3.63, 3.8) is 0 Å². The summed E-state index contributed by atoms with van der Waals surface area (Å²) in [6.07, 6.45) is 2.03. The van der Waals surface area contributed by atoms with E-state index in [4.69, 9.17) is 5.26 Å². The van der Waals surface area contributed by atoms with Crippen molar-refractivity contribution in [2.45, 2.75) is 11.4 Å². The summed E-state index contributed by atoms with van der Waals surface area (Å²) in [4.78, 5) is 1.20. The summed E-state index contributed by atoms with van der Waals surface area (Å²) in [6.45, 7) is 0.491. The Bertz CT molecular complexity index is 603. The Kier molecular flexibility index (Phi) is 4.43. The third kappa shape index (κ3) is 3.73. The van der Waals surface area contributed by atoms with E-state index in [0.717, 1.165) is 11.3 Å². The number of hydrogen-bond acceptors (Lipinski definition) is 3. The second kappa shape index (κ2) is 6.26. The molecule has 2 aromatic carbocycles. The maximum absolute atomic E-state index is 13.3. The van der Waals surface area contributed by atoms with Crippen molar-refractivity contribution in [2.24, 2.45) is 0 Å². The first kappa shape index (κ1) is 13.4. The van der Waals surface area contributed by atoms with E-state index in [1.807, 2.05) is 36.6 Å². The smallest absolute Gasteiger partial charge is 0.124 e. The van der Waals surface area contributed by atoms with Crippen LogP contribution in [-0.2, 0) is 6.54 Å². The molecule has 0 spiro atoms. The fourth-order valence-electron chi connectivity index (χ4n) is 1.73. The number of rotatable bonds is 4. The van der Waals surface area contributed by atoms with Gasteiger partial charge in [-0.05, 0) is 54.3 Å². The molecule has 0 amide bonds. The van der Waals surface area contributed by atoms with E-state index in [2.05, 4.69) is 5.32 Å². The van der Waals surface area contributed by atoms with Crippen molar-refractivity contribution >= 4 is 17.4 Å². The Balaban J connectivity index is 2.05. The van der Waals surface area contributed by atoms with Crippen molar-refractivity contribution in [2.75, 3.05) is 11.6 Å². The van der Waals surface area contributed by atoms with Gasteiger partial charge in [0.05, 0.1) is 11.6 Å². The van der Waals surface area contributed by atoms with Crippen LogP contribution in [0.2, 0.25) is 0 Å². The first-order chi connectivity index (χ1) is 9.21. The van der Waals surface area contributed by atoms with E-state index >= 15 is 0 Å². The molecule has 2 aromatic rings. The number of nitrogens with one attached hydrogen (secondary N) is 1. The molecule has 1 N–H and O–H groups in total. The van der Waals surface area contributed by atoms with Crippen molar-refractivity contribution in [1.82, 2.24) is 0 Å². The quantitative estimate of drug-likeness (QED) is 0.853. The molecule has 0 aliphatic rings. The van der Waals surface area contributed by atoms with Crippen molar-refractivity contribution in [3.8, 4) is 6.07 Å². The highest BCUT2D eigenvalue weighted by Gasteiger charge is 2.01. The summed E-state index contributed by atoms with van der Waals surface area (Å²) in [6, 6.07) is 14.3. The van der Waals surface area contributed by atoms with Gasteiger partial charge in [-0.3, -0.25) is 0 Å². The predicted molar refractivity (Wildman–Crippen MR) is 76.7 cm³/mol. The van der Waals surface area contributed by atoms with E-state index in [-0.39, 0.29) is 5.82 Å². The Hall–Kier alpha value is -1.99. The number of nitrogens with zero attached hydrogens (tertiary/aromatic N) is 1. The monoisotopic (exact) mass is 272 g/mol. The zero-order valence-electron chi connectivity index (χ0n) is 10.5. The van der Waals surface area contributed by atoms with Crippen LogP contribution in [0.4, 0.5) is 10.1 Å². The largest absolute Gasteiger partial charge is 0.381 e. The van der Waals surface area contributed by atoms with Crippen molar-refractivity contribution < 1.29 is 4.39 Å². The average molecular weight is 272 g/mol. The zero-order valence-corrected chi connectivity index (χ0v) is 11.3. The van der Waals surface area contributed by atoms with Crippen molar-refractivity contribution in [1.29, 1.82) is 5.26 Å². The number of hydrogen-bond donors (Lipinski definition) is 1. The Labute approximate surface area is 116 Å². The number of benzene rings is 2. The van der Waals surface area contributed by atoms with Crippen LogP contribution in [0.3, 0.4) is 0 Å². The van der Waals surface area contributed by atoms with Gasteiger partial charge in [0.2, 0.25) is 0 Å². The lowest BCUT2D eigenvalue weighted by molar-refractivity contribution is 0.625. The molecule has 96 valence electrons. The third-order valence-corrected chi connectivity index (χ3v) is 3.42. The maximum Gasteiger partial charge on any atom is 0.124 e. The Morgan fingerprint density at radius 3 is 2.58 bits per heavy atom. The summed E-state index contributed by atoms with van der Waals surface area (Å²) in [5.74, 6) is -0.381. The van der Waals surface area contributed by atoms with Crippen LogP contribution in [0.25, 0.3) is 0 Å². The van der Waals surface area contributed by atoms with E-state index in [9.17, 15) is 4.39 Å². The molecule has 0 fully saturated rings. The van der Waals surface area contributed by atoms with Gasteiger partial charge >= 0.3 is 0 Å². The number of nitriles is 1. The molecule has 4 heteroatoms. The minimum atomic E-state index is -0.381. The standard InChI is InChI=1S/C15H13FN2S/c1-19-15-4-2-14(3-5-15)18-10-12-6-11(9-17)7-13(16)8-12/h2-8,18H,10H2,1H3. The van der Waals surface area contributed by atoms with Crippen LogP contribution < -0.4 is 5.32 Å². The molecule has 2 nitrogen and oxygen atoms in total. The summed E-state index contributed by atoms with van der Waals surface area (Å²) in [7, 11) is 0. The van der Waals surface area contributed by atoms with E-state index in [1.165, 1.54) is 17.0 Å². The average Bonchev–Trinajstić information content (AvgIpc) is 2.45. The molecule has 0 radical (unpaired) electrons. The molecule has 0 saturated heterocycles. The van der Waals surface area contributed by atoms with Crippen molar-refractivity contribution in [3.05, 3.63) is 59.4 Å². The lowest BCUT2D eigenvalue weighted by atomic mass is 10.1. The van der Waals surface area contributed by atoms with Crippen LogP contribution in [-0.4, -0.2) is 6.26 Å². The SMILES string of the molecule is CSc1ccc(NCc2cc(F)cc(C#N)c2)cc1. The second-order valence-electron chi connectivity index (χ2n) is 4.04. The molecule has 0 saturated carbocycles. The molecule has 0 heterocycles. The number of thioether (sulfide) groups is 1. The molecule has 0 unspecified atom stereocenters. The highest BCUT2D eigenvalue weighted by Crippen LogP contribution is 2.18. The first-order valence-electron chi connectivity index (χ1n) is 5.79. The first-order valence-corrected chi connectivity index (χ1v) is 7.01. The second-order valence-corrected chi connectivity index (χ2v) is 4.92. The van der Waals surface area contributed by atoms with Crippen LogP contribution in [0, 0.1) is 17.1 Å². The molecule has 0 bridgehead atoms. The molecule has 0 aromatic heterocycles. The summed E-state index contributed by atoms with van der Waals surface area (Å²) in [5.41, 5.74) is 2.07. The fourth-order valence-corrected chi connectivity index (χ4v) is 2.14. The Morgan fingerprint density at radius 1 is 1.21 bits per heavy atom. The summed E-state index contributed by atoms with van der Waals surface area (Å²) in [5, 5.41) is 12.0. The molecule has 2 rings (SSSR count). The minimum absolute atomic E-state index is 0.342. The van der Waals surface area contributed by atoms with Crippen LogP contribution >= 0.6 is 11.8 Å². The van der Waals surface area contributed by atoms with Gasteiger partial charge in [0.1, 0.15) is 5.82 Å². The van der Waals surface area contributed by atoms with Crippen LogP contribution in [0.15, 0.2) is 47.4 Å². The number of halogens is 1. The Morgan fingerprint density at radius 2 is 1.95 bits per heavy atom. The molecule has 0 aliphatic heterocycles. The topological polar surface area (TPSA) is 35.8 Å². The molecule has 0 aliphatic carbocycles. The van der Waals surface area contributed by atoms with Gasteiger partial charge in [-0.25, -0.2) is 4.39 Å². The highest BCUT2D eigenvalue weighted by atomic mass is 32.2. The van der Waals surface area contributed by atoms with Gasteiger partial charge in [-0.1, -0.05) is 0 Å². The van der Waals surface area contributed by atoms with Crippen LogP contribution in [0.1, 0.15) is 11.1 Å². The lowest BCUT2D eigenvalue weighted by Gasteiger charge is -2.07. The molecule has 19 heavy (non-hydrogen) atoms. The van der Waals surface area contributed by atoms with Gasteiger partial charge in [0.15, 0.2) is 0 Å². The fraction of sp³-hybridized carbons (Fsp3) is 0.133. The third-order valence-electron chi connectivity index (χ3n) is 2.67. The zero-order chi connectivity index (χ0) is 13.7.